The van der Waals surface area contributed by atoms with E-state index in [1.165, 1.54) is 22.3 Å². The molecule has 5 heteroatoms. The normalized spacial score (nSPS) is 11.4. The van der Waals surface area contributed by atoms with Crippen LogP contribution in [0.25, 0.3) is 11.1 Å². The van der Waals surface area contributed by atoms with Gasteiger partial charge in [0.2, 0.25) is 0 Å². The summed E-state index contributed by atoms with van der Waals surface area (Å²) in [5.74, 6) is 0. The van der Waals surface area contributed by atoms with Crippen LogP contribution in [0.2, 0.25) is 6.55 Å². The monoisotopic (exact) mass is 648 g/mol. The lowest BCUT2D eigenvalue weighted by molar-refractivity contribution is 0.202. The van der Waals surface area contributed by atoms with Crippen LogP contribution in [0.3, 0.4) is 0 Å². The molecule has 6 aromatic carbocycles. The summed E-state index contributed by atoms with van der Waals surface area (Å²) in [4.78, 5) is 4.60. The molecule has 0 bridgehead atoms. The lowest BCUT2D eigenvalue weighted by atomic mass is 10.0. The van der Waals surface area contributed by atoms with Crippen molar-refractivity contribution >= 4 is 47.9 Å². The van der Waals surface area contributed by atoms with Gasteiger partial charge in [-0.05, 0) is 123 Å². The second-order valence-corrected chi connectivity index (χ2v) is 15.2. The van der Waals surface area contributed by atoms with Gasteiger partial charge >= 0.3 is 8.56 Å². The van der Waals surface area contributed by atoms with Crippen LogP contribution in [-0.2, 0) is 8.85 Å². The summed E-state index contributed by atoms with van der Waals surface area (Å²) in [6.45, 7) is 11.7. The molecule has 48 heavy (non-hydrogen) atoms. The van der Waals surface area contributed by atoms with Gasteiger partial charge < -0.3 is 18.7 Å². The Kier molecular flexibility index (Phi) is 10.2. The summed E-state index contributed by atoms with van der Waals surface area (Å²) in [5.41, 5.74) is 11.5. The summed E-state index contributed by atoms with van der Waals surface area (Å²) in [6.07, 6.45) is 0. The van der Waals surface area contributed by atoms with Gasteiger partial charge in [-0.3, -0.25) is 0 Å². The minimum atomic E-state index is -2.47. The van der Waals surface area contributed by atoms with Crippen molar-refractivity contribution in [3.63, 3.8) is 0 Å². The van der Waals surface area contributed by atoms with Crippen LogP contribution in [0.1, 0.15) is 25.0 Å². The van der Waals surface area contributed by atoms with Crippen molar-refractivity contribution in [1.82, 2.24) is 0 Å². The van der Waals surface area contributed by atoms with Gasteiger partial charge in [-0.15, -0.1) is 0 Å². The quantitative estimate of drug-likeness (QED) is 0.123. The molecular formula is C43H44N2O2Si. The van der Waals surface area contributed by atoms with E-state index in [4.69, 9.17) is 8.85 Å². The zero-order valence-electron chi connectivity index (χ0n) is 28.6. The maximum Gasteiger partial charge on any atom is 0.369 e. The van der Waals surface area contributed by atoms with Crippen molar-refractivity contribution in [3.8, 4) is 11.1 Å². The molecule has 4 nitrogen and oxygen atoms in total. The standard InChI is InChI=1S/C43H44N2O2Si/c1-6-46-48(5,47-7-2)43-31-29-42(30-32-43)45(39-23-15-34(4)16-24-39)41-27-19-36(20-28-41)35-17-25-40(26-18-35)44(37-11-9-8-10-12-37)38-21-13-33(3)14-22-38/h8-32H,6-7H2,1-5H3. The average molecular weight is 649 g/mol. The van der Waals surface area contributed by atoms with Crippen LogP contribution in [0, 0.1) is 13.8 Å². The molecular weight excluding hydrogens is 605 g/mol. The Bertz CT molecular complexity index is 1880. The van der Waals surface area contributed by atoms with E-state index in [9.17, 15) is 0 Å². The van der Waals surface area contributed by atoms with Crippen LogP contribution < -0.4 is 15.0 Å². The van der Waals surface area contributed by atoms with E-state index in [0.29, 0.717) is 13.2 Å². The van der Waals surface area contributed by atoms with Gasteiger partial charge in [0.05, 0.1) is 0 Å². The summed E-state index contributed by atoms with van der Waals surface area (Å²) in [5, 5.41) is 1.13. The number of rotatable bonds is 12. The molecule has 0 aliphatic carbocycles. The van der Waals surface area contributed by atoms with Gasteiger partial charge in [-0.1, -0.05) is 90.0 Å². The molecule has 0 spiro atoms. The second-order valence-electron chi connectivity index (χ2n) is 12.1. The van der Waals surface area contributed by atoms with E-state index in [-0.39, 0.29) is 0 Å². The molecule has 242 valence electrons. The van der Waals surface area contributed by atoms with Crippen LogP contribution in [0.5, 0.6) is 0 Å². The molecule has 0 radical (unpaired) electrons. The molecule has 0 aliphatic rings. The van der Waals surface area contributed by atoms with E-state index in [1.54, 1.807) is 0 Å². The fraction of sp³-hybridized carbons (Fsp3) is 0.163. The first kappa shape index (κ1) is 33.0. The molecule has 0 saturated carbocycles. The van der Waals surface area contributed by atoms with Gasteiger partial charge in [-0.2, -0.15) is 0 Å². The summed E-state index contributed by atoms with van der Waals surface area (Å²) >= 11 is 0. The topological polar surface area (TPSA) is 24.9 Å². The Labute approximate surface area is 287 Å². The predicted octanol–water partition coefficient (Wildman–Crippen LogP) is 11.3. The molecule has 6 rings (SSSR count). The Hall–Kier alpha value is -4.94. The van der Waals surface area contributed by atoms with Gasteiger partial charge in [0.1, 0.15) is 0 Å². The molecule has 0 aliphatic heterocycles. The van der Waals surface area contributed by atoms with Crippen LogP contribution in [0.4, 0.5) is 34.1 Å². The largest absolute Gasteiger partial charge is 0.391 e. The van der Waals surface area contributed by atoms with E-state index in [0.717, 1.165) is 39.3 Å². The number of hydrogen-bond donors (Lipinski definition) is 0. The Morgan fingerprint density at radius 2 is 0.729 bits per heavy atom. The predicted molar refractivity (Wildman–Crippen MR) is 205 cm³/mol. The van der Waals surface area contributed by atoms with Crippen LogP contribution in [0.15, 0.2) is 152 Å². The van der Waals surface area contributed by atoms with Crippen LogP contribution in [-0.4, -0.2) is 21.8 Å². The molecule has 0 atom stereocenters. The van der Waals surface area contributed by atoms with Crippen molar-refractivity contribution < 1.29 is 8.85 Å². The minimum absolute atomic E-state index is 0.632. The first-order valence-corrected chi connectivity index (χ1v) is 19.1. The second kappa shape index (κ2) is 14.9. The number of anilines is 6. The fourth-order valence-corrected chi connectivity index (χ4v) is 8.43. The molecule has 6 aromatic rings. The Morgan fingerprint density at radius 3 is 1.08 bits per heavy atom. The molecule has 0 saturated heterocycles. The third-order valence-electron chi connectivity index (χ3n) is 8.67. The van der Waals surface area contributed by atoms with Crippen LogP contribution >= 0.6 is 0 Å². The van der Waals surface area contributed by atoms with E-state index in [2.05, 4.69) is 182 Å². The minimum Gasteiger partial charge on any atom is -0.391 e. The molecule has 0 amide bonds. The molecule has 0 N–H and O–H groups in total. The third-order valence-corrected chi connectivity index (χ3v) is 11.7. The number of benzene rings is 6. The van der Waals surface area contributed by atoms with Crippen molar-refractivity contribution in [2.75, 3.05) is 23.0 Å². The van der Waals surface area contributed by atoms with Gasteiger partial charge in [0.15, 0.2) is 0 Å². The zero-order valence-corrected chi connectivity index (χ0v) is 29.6. The number of aryl methyl sites for hydroxylation is 2. The lowest BCUT2D eigenvalue weighted by Crippen LogP contribution is -2.51. The summed E-state index contributed by atoms with van der Waals surface area (Å²) in [6, 6.07) is 54.3. The highest BCUT2D eigenvalue weighted by Gasteiger charge is 2.33. The maximum absolute atomic E-state index is 6.16. The highest BCUT2D eigenvalue weighted by atomic mass is 28.4. The van der Waals surface area contributed by atoms with Crippen molar-refractivity contribution in [2.24, 2.45) is 0 Å². The molecule has 0 aromatic heterocycles. The first-order valence-electron chi connectivity index (χ1n) is 16.8. The third kappa shape index (κ3) is 7.29. The maximum atomic E-state index is 6.16. The number of hydrogen-bond acceptors (Lipinski definition) is 4. The number of para-hydroxylation sites is 1. The highest BCUT2D eigenvalue weighted by molar-refractivity contribution is 6.80. The van der Waals surface area contributed by atoms with E-state index in [1.807, 2.05) is 13.8 Å². The lowest BCUT2D eigenvalue weighted by Gasteiger charge is -2.29. The number of nitrogens with zero attached hydrogens (tertiary/aromatic N) is 2. The Balaban J connectivity index is 1.30. The zero-order chi connectivity index (χ0) is 33.5. The van der Waals surface area contributed by atoms with Crippen molar-refractivity contribution in [3.05, 3.63) is 163 Å². The van der Waals surface area contributed by atoms with Crippen molar-refractivity contribution in [2.45, 2.75) is 34.2 Å². The first-order chi connectivity index (χ1) is 23.4. The van der Waals surface area contributed by atoms with Crippen molar-refractivity contribution in [1.29, 1.82) is 0 Å². The van der Waals surface area contributed by atoms with Gasteiger partial charge in [0, 0.05) is 47.3 Å². The van der Waals surface area contributed by atoms with E-state index >= 15 is 0 Å². The summed E-state index contributed by atoms with van der Waals surface area (Å²) in [7, 11) is -2.47. The Morgan fingerprint density at radius 1 is 0.417 bits per heavy atom. The summed E-state index contributed by atoms with van der Waals surface area (Å²) < 4.78 is 12.3. The fourth-order valence-electron chi connectivity index (χ4n) is 6.14. The van der Waals surface area contributed by atoms with E-state index < -0.39 is 8.56 Å². The smallest absolute Gasteiger partial charge is 0.369 e. The molecule has 0 heterocycles. The average Bonchev–Trinajstić information content (AvgIpc) is 3.12. The molecule has 0 fully saturated rings. The molecule has 0 unspecified atom stereocenters. The van der Waals surface area contributed by atoms with Gasteiger partial charge in [-0.25, -0.2) is 0 Å². The highest BCUT2D eigenvalue weighted by Crippen LogP contribution is 2.38. The SMILES string of the molecule is CCO[Si](C)(OCC)c1ccc(N(c2ccc(C)cc2)c2ccc(-c3ccc(N(c4ccccc4)c4ccc(C)cc4)cc3)cc2)cc1. The van der Waals surface area contributed by atoms with Gasteiger partial charge in [0.25, 0.3) is 0 Å².